The molecule has 0 radical (unpaired) electrons. The van der Waals surface area contributed by atoms with Gasteiger partial charge in [0.2, 0.25) is 10.0 Å². The highest BCUT2D eigenvalue weighted by atomic mass is 35.5. The van der Waals surface area contributed by atoms with E-state index in [0.717, 1.165) is 18.2 Å². The van der Waals surface area contributed by atoms with Crippen molar-refractivity contribution in [3.05, 3.63) is 33.3 Å². The second-order valence-electron chi connectivity index (χ2n) is 4.03. The summed E-state index contributed by atoms with van der Waals surface area (Å²) in [7, 11) is -4.02. The van der Waals surface area contributed by atoms with Gasteiger partial charge in [0.25, 0.3) is 5.69 Å². The molecule has 0 aliphatic heterocycles. The summed E-state index contributed by atoms with van der Waals surface area (Å²) >= 11 is 5.61. The van der Waals surface area contributed by atoms with Gasteiger partial charge < -0.3 is 0 Å². The summed E-state index contributed by atoms with van der Waals surface area (Å²) in [6.45, 7) is 3.02. The van der Waals surface area contributed by atoms with Crippen molar-refractivity contribution in [1.29, 1.82) is 0 Å². The summed E-state index contributed by atoms with van der Waals surface area (Å²) in [6.07, 6.45) is 0.185. The number of nitro benzene ring substituents is 1. The number of hydrogen-bond donors (Lipinski definition) is 1. The molecule has 0 aliphatic carbocycles. The molecule has 0 fully saturated rings. The van der Waals surface area contributed by atoms with Crippen molar-refractivity contribution in [3.8, 4) is 0 Å². The molecule has 1 rings (SSSR count). The molecule has 110 valence electrons. The number of carbonyl (C=O) groups is 1. The molecule has 0 bridgehead atoms. The molecule has 1 N–H and O–H groups in total. The molecule has 1 aromatic carbocycles. The number of sulfonamides is 1. The number of ketones is 1. The molecule has 1 atom stereocenters. The Morgan fingerprint density at radius 3 is 2.60 bits per heavy atom. The van der Waals surface area contributed by atoms with E-state index in [4.69, 9.17) is 11.6 Å². The van der Waals surface area contributed by atoms with Gasteiger partial charge in [-0.05, 0) is 19.1 Å². The second kappa shape index (κ2) is 6.29. The van der Waals surface area contributed by atoms with Crippen molar-refractivity contribution in [2.24, 2.45) is 0 Å². The van der Waals surface area contributed by atoms with Gasteiger partial charge in [-0.1, -0.05) is 18.5 Å². The molecule has 0 amide bonds. The topological polar surface area (TPSA) is 106 Å². The highest BCUT2D eigenvalue weighted by Crippen LogP contribution is 2.27. The fraction of sp³-hybridized carbons (Fsp3) is 0.364. The number of benzene rings is 1. The Morgan fingerprint density at radius 1 is 1.50 bits per heavy atom. The van der Waals surface area contributed by atoms with Crippen LogP contribution in [-0.4, -0.2) is 25.2 Å². The molecule has 7 nitrogen and oxygen atoms in total. The Labute approximate surface area is 121 Å². The van der Waals surface area contributed by atoms with Gasteiger partial charge in [0.15, 0.2) is 0 Å². The zero-order valence-corrected chi connectivity index (χ0v) is 12.4. The van der Waals surface area contributed by atoms with E-state index in [-0.39, 0.29) is 22.1 Å². The molecule has 0 spiro atoms. The van der Waals surface area contributed by atoms with E-state index >= 15 is 0 Å². The van der Waals surface area contributed by atoms with Crippen LogP contribution >= 0.6 is 11.6 Å². The number of Topliss-reactive ketones (excluding diaryl/α,β-unsaturated/α-hetero) is 1. The minimum absolute atomic E-state index is 0.161. The van der Waals surface area contributed by atoms with Crippen molar-refractivity contribution in [2.75, 3.05) is 0 Å². The van der Waals surface area contributed by atoms with Gasteiger partial charge in [-0.15, -0.1) is 0 Å². The Balaban J connectivity index is 3.13. The van der Waals surface area contributed by atoms with Crippen LogP contribution in [0.25, 0.3) is 0 Å². The van der Waals surface area contributed by atoms with E-state index in [1.165, 1.54) is 6.92 Å². The van der Waals surface area contributed by atoms with Crippen molar-refractivity contribution < 1.29 is 18.1 Å². The lowest BCUT2D eigenvalue weighted by molar-refractivity contribution is -0.384. The predicted molar refractivity (Wildman–Crippen MR) is 73.2 cm³/mol. The number of halogens is 1. The third-order valence-corrected chi connectivity index (χ3v) is 4.45. The van der Waals surface area contributed by atoms with Gasteiger partial charge in [-0.25, -0.2) is 13.1 Å². The number of hydrogen-bond acceptors (Lipinski definition) is 5. The normalized spacial score (nSPS) is 12.9. The Kier molecular flexibility index (Phi) is 5.21. The van der Waals surface area contributed by atoms with Gasteiger partial charge >= 0.3 is 0 Å². The summed E-state index contributed by atoms with van der Waals surface area (Å²) in [5, 5.41) is 10.6. The lowest BCUT2D eigenvalue weighted by Crippen LogP contribution is -2.38. The van der Waals surface area contributed by atoms with E-state index in [1.807, 2.05) is 0 Å². The smallest absolute Gasteiger partial charge is 0.289 e. The number of carbonyl (C=O) groups excluding carboxylic acids is 1. The van der Waals surface area contributed by atoms with Gasteiger partial charge in [-0.2, -0.15) is 0 Å². The Morgan fingerprint density at radius 2 is 2.10 bits per heavy atom. The summed E-state index contributed by atoms with van der Waals surface area (Å²) in [4.78, 5) is 21.0. The van der Waals surface area contributed by atoms with E-state index in [2.05, 4.69) is 4.72 Å². The zero-order chi connectivity index (χ0) is 15.5. The van der Waals surface area contributed by atoms with Gasteiger partial charge in [0, 0.05) is 12.5 Å². The minimum Gasteiger partial charge on any atom is -0.298 e. The first-order chi connectivity index (χ1) is 9.19. The lowest BCUT2D eigenvalue weighted by Gasteiger charge is -2.12. The maximum atomic E-state index is 12.0. The Hall–Kier alpha value is -1.51. The minimum atomic E-state index is -4.02. The largest absolute Gasteiger partial charge is 0.298 e. The summed E-state index contributed by atoms with van der Waals surface area (Å²) in [5.74, 6) is -0.281. The van der Waals surface area contributed by atoms with Crippen molar-refractivity contribution >= 4 is 33.1 Å². The maximum Gasteiger partial charge on any atom is 0.289 e. The molecule has 0 saturated carbocycles. The SMILES string of the molecule is CCC(=O)C(C)NS(=O)(=O)c1ccc(Cl)c([N+](=O)[O-])c1. The average Bonchev–Trinajstić information content (AvgIpc) is 2.36. The molecule has 20 heavy (non-hydrogen) atoms. The average molecular weight is 321 g/mol. The molecule has 1 unspecified atom stereocenters. The van der Waals surface area contributed by atoms with E-state index in [1.54, 1.807) is 6.92 Å². The molecule has 0 heterocycles. The fourth-order valence-electron chi connectivity index (χ4n) is 1.47. The van der Waals surface area contributed by atoms with E-state index < -0.39 is 26.7 Å². The van der Waals surface area contributed by atoms with Gasteiger partial charge in [-0.3, -0.25) is 14.9 Å². The zero-order valence-electron chi connectivity index (χ0n) is 10.8. The molecular weight excluding hydrogens is 308 g/mol. The summed E-state index contributed by atoms with van der Waals surface area (Å²) in [5.41, 5.74) is -0.510. The maximum absolute atomic E-state index is 12.0. The van der Waals surface area contributed by atoms with Crippen LogP contribution < -0.4 is 4.72 Å². The van der Waals surface area contributed by atoms with Crippen molar-refractivity contribution in [3.63, 3.8) is 0 Å². The van der Waals surface area contributed by atoms with Crippen LogP contribution in [0.3, 0.4) is 0 Å². The molecule has 0 saturated heterocycles. The van der Waals surface area contributed by atoms with Crippen LogP contribution in [0.4, 0.5) is 5.69 Å². The van der Waals surface area contributed by atoms with Gasteiger partial charge in [0.1, 0.15) is 10.8 Å². The van der Waals surface area contributed by atoms with Crippen LogP contribution in [0, 0.1) is 10.1 Å². The first-order valence-electron chi connectivity index (χ1n) is 5.68. The van der Waals surface area contributed by atoms with Gasteiger partial charge in [0.05, 0.1) is 15.9 Å². The second-order valence-corrected chi connectivity index (χ2v) is 6.15. The number of nitrogens with zero attached hydrogens (tertiary/aromatic N) is 1. The molecule has 1 aromatic rings. The Bertz CT molecular complexity index is 644. The third kappa shape index (κ3) is 3.75. The lowest BCUT2D eigenvalue weighted by atomic mass is 10.2. The molecule has 0 aromatic heterocycles. The van der Waals surface area contributed by atoms with Crippen molar-refractivity contribution in [1.82, 2.24) is 4.72 Å². The highest BCUT2D eigenvalue weighted by Gasteiger charge is 2.24. The molecule has 0 aliphatic rings. The molecular formula is C11H13ClN2O5S. The third-order valence-electron chi connectivity index (χ3n) is 2.59. The summed E-state index contributed by atoms with van der Waals surface area (Å²) in [6, 6.07) is 2.22. The van der Waals surface area contributed by atoms with Crippen LogP contribution in [-0.2, 0) is 14.8 Å². The van der Waals surface area contributed by atoms with Crippen LogP contribution in [0.5, 0.6) is 0 Å². The van der Waals surface area contributed by atoms with E-state index in [9.17, 15) is 23.3 Å². The molecule has 9 heteroatoms. The van der Waals surface area contributed by atoms with Crippen molar-refractivity contribution in [2.45, 2.75) is 31.2 Å². The predicted octanol–water partition coefficient (Wildman–Crippen LogP) is 1.89. The van der Waals surface area contributed by atoms with Crippen LogP contribution in [0.2, 0.25) is 5.02 Å². The van der Waals surface area contributed by atoms with Crippen LogP contribution in [0.15, 0.2) is 23.1 Å². The number of nitrogens with one attached hydrogen (secondary N) is 1. The standard InChI is InChI=1S/C11H13ClN2O5S/c1-3-11(15)7(2)13-20(18,19)8-4-5-9(12)10(6-8)14(16)17/h4-7,13H,3H2,1-2H3. The monoisotopic (exact) mass is 320 g/mol. The highest BCUT2D eigenvalue weighted by molar-refractivity contribution is 7.89. The van der Waals surface area contributed by atoms with E-state index in [0.29, 0.717) is 0 Å². The number of rotatable bonds is 6. The quantitative estimate of drug-likeness (QED) is 0.636. The van der Waals surface area contributed by atoms with Crippen LogP contribution in [0.1, 0.15) is 20.3 Å². The number of nitro groups is 1. The summed E-state index contributed by atoms with van der Waals surface area (Å²) < 4.78 is 26.2. The first-order valence-corrected chi connectivity index (χ1v) is 7.54. The first kappa shape index (κ1) is 16.5. The fourth-order valence-corrected chi connectivity index (χ4v) is 2.91.